The normalized spacial score (nSPS) is 14.4. The van der Waals surface area contributed by atoms with Gasteiger partial charge in [0.1, 0.15) is 5.92 Å². The van der Waals surface area contributed by atoms with E-state index in [2.05, 4.69) is 4.98 Å². The van der Waals surface area contributed by atoms with E-state index in [0.717, 1.165) is 5.39 Å². The van der Waals surface area contributed by atoms with E-state index in [-0.39, 0.29) is 31.2 Å². The number of para-hydroxylation sites is 1. The zero-order chi connectivity index (χ0) is 17.9. The highest BCUT2D eigenvalue weighted by molar-refractivity contribution is 6.55. The molecule has 1 aromatic heterocycles. The number of Topliss-reactive ketones (excluding diaryl/α,β-unsaturated/α-hetero) is 2. The van der Waals surface area contributed by atoms with E-state index in [4.69, 9.17) is 46.4 Å². The Kier molecular flexibility index (Phi) is 4.00. The number of hydrogen-bond donors (Lipinski definition) is 0. The third-order valence-electron chi connectivity index (χ3n) is 4.20. The first-order valence-electron chi connectivity index (χ1n) is 7.22. The van der Waals surface area contributed by atoms with Crippen LogP contribution in [0.3, 0.4) is 0 Å². The molecule has 3 aromatic rings. The van der Waals surface area contributed by atoms with Gasteiger partial charge in [-0.15, -0.1) is 0 Å². The summed E-state index contributed by atoms with van der Waals surface area (Å²) >= 11 is 24.4. The fourth-order valence-corrected chi connectivity index (χ4v) is 4.05. The lowest BCUT2D eigenvalue weighted by Crippen LogP contribution is -2.14. The molecule has 1 aliphatic rings. The first kappa shape index (κ1) is 16.8. The molecule has 7 heteroatoms. The predicted molar refractivity (Wildman–Crippen MR) is 99.6 cm³/mol. The van der Waals surface area contributed by atoms with Crippen LogP contribution in [0.2, 0.25) is 20.1 Å². The van der Waals surface area contributed by atoms with Gasteiger partial charge in [0.15, 0.2) is 11.6 Å². The van der Waals surface area contributed by atoms with Crippen molar-refractivity contribution in [1.29, 1.82) is 0 Å². The Bertz CT molecular complexity index is 1050. The molecule has 0 spiro atoms. The van der Waals surface area contributed by atoms with Crippen molar-refractivity contribution in [2.45, 2.75) is 5.92 Å². The van der Waals surface area contributed by atoms with Crippen LogP contribution >= 0.6 is 46.4 Å². The number of ketones is 2. The topological polar surface area (TPSA) is 47.0 Å². The highest BCUT2D eigenvalue weighted by Gasteiger charge is 2.45. The van der Waals surface area contributed by atoms with Crippen molar-refractivity contribution in [3.8, 4) is 0 Å². The van der Waals surface area contributed by atoms with Gasteiger partial charge in [0, 0.05) is 5.39 Å². The highest BCUT2D eigenvalue weighted by atomic mass is 35.5. The molecule has 0 atom stereocenters. The van der Waals surface area contributed by atoms with Gasteiger partial charge in [-0.2, -0.15) is 0 Å². The van der Waals surface area contributed by atoms with Gasteiger partial charge in [0.2, 0.25) is 0 Å². The van der Waals surface area contributed by atoms with Gasteiger partial charge in [-0.05, 0) is 12.1 Å². The van der Waals surface area contributed by atoms with Crippen LogP contribution in [-0.2, 0) is 0 Å². The SMILES string of the molecule is O=C1c2c(Cl)c(Cl)c(Cl)c(Cl)c2C(=O)C1c1ccc2ccccc2n1. The molecule has 3 nitrogen and oxygen atoms in total. The predicted octanol–water partition coefficient (Wildman–Crippen LogP) is 6.01. The Labute approximate surface area is 162 Å². The molecule has 0 unspecified atom stereocenters. The third-order valence-corrected chi connectivity index (χ3v) is 6.00. The van der Waals surface area contributed by atoms with Gasteiger partial charge < -0.3 is 0 Å². The molecule has 0 saturated carbocycles. The standard InChI is InChI=1S/C18H7Cl4NO2/c19-13-11-12(14(20)16(22)15(13)21)18(25)10(17(11)24)9-6-5-7-3-1-2-4-8(7)23-9/h1-6,10H. The maximum absolute atomic E-state index is 12.9. The fourth-order valence-electron chi connectivity index (χ4n) is 3.01. The minimum atomic E-state index is -1.11. The first-order valence-corrected chi connectivity index (χ1v) is 8.73. The second kappa shape index (κ2) is 5.96. The largest absolute Gasteiger partial charge is 0.293 e. The van der Waals surface area contributed by atoms with Gasteiger partial charge in [-0.25, -0.2) is 0 Å². The van der Waals surface area contributed by atoms with Crippen molar-refractivity contribution in [3.05, 3.63) is 73.3 Å². The van der Waals surface area contributed by atoms with Crippen molar-refractivity contribution in [1.82, 2.24) is 4.98 Å². The molecule has 0 N–H and O–H groups in total. The number of carbonyl (C=O) groups excluding carboxylic acids is 2. The molecule has 0 aliphatic heterocycles. The summed E-state index contributed by atoms with van der Waals surface area (Å²) in [6.07, 6.45) is 0. The molecule has 1 heterocycles. The van der Waals surface area contributed by atoms with Crippen LogP contribution in [0.1, 0.15) is 32.3 Å². The maximum atomic E-state index is 12.9. The van der Waals surface area contributed by atoms with E-state index in [9.17, 15) is 9.59 Å². The third kappa shape index (κ3) is 2.38. The summed E-state index contributed by atoms with van der Waals surface area (Å²) in [6, 6.07) is 10.9. The average Bonchev–Trinajstić information content (AvgIpc) is 2.88. The summed E-state index contributed by atoms with van der Waals surface area (Å²) in [5.41, 5.74) is 1.03. The van der Waals surface area contributed by atoms with Gasteiger partial charge in [-0.3, -0.25) is 14.6 Å². The smallest absolute Gasteiger partial charge is 0.182 e. The minimum absolute atomic E-state index is 0.00558. The van der Waals surface area contributed by atoms with Crippen molar-refractivity contribution >= 4 is 68.9 Å². The summed E-state index contributed by atoms with van der Waals surface area (Å²) in [7, 11) is 0. The quantitative estimate of drug-likeness (QED) is 0.280. The number of nitrogens with zero attached hydrogens (tertiary/aromatic N) is 1. The van der Waals surface area contributed by atoms with E-state index < -0.39 is 17.5 Å². The van der Waals surface area contributed by atoms with Crippen LogP contribution in [0.5, 0.6) is 0 Å². The van der Waals surface area contributed by atoms with Crippen LogP contribution in [0.25, 0.3) is 10.9 Å². The van der Waals surface area contributed by atoms with E-state index in [1.165, 1.54) is 0 Å². The van der Waals surface area contributed by atoms with Gasteiger partial charge >= 0.3 is 0 Å². The lowest BCUT2D eigenvalue weighted by atomic mass is 9.98. The molecule has 4 rings (SSSR count). The number of pyridine rings is 1. The fraction of sp³-hybridized carbons (Fsp3) is 0.0556. The van der Waals surface area contributed by atoms with Crippen molar-refractivity contribution in [2.75, 3.05) is 0 Å². The molecular formula is C18H7Cl4NO2. The number of rotatable bonds is 1. The van der Waals surface area contributed by atoms with Crippen molar-refractivity contribution in [2.24, 2.45) is 0 Å². The second-order valence-electron chi connectivity index (χ2n) is 5.60. The Morgan fingerprint density at radius 2 is 1.28 bits per heavy atom. The van der Waals surface area contributed by atoms with Crippen LogP contribution in [0, 0.1) is 0 Å². The average molecular weight is 411 g/mol. The summed E-state index contributed by atoms with van der Waals surface area (Å²) in [4.78, 5) is 30.2. The number of fused-ring (bicyclic) bond motifs is 2. The van der Waals surface area contributed by atoms with Crippen LogP contribution in [0.15, 0.2) is 36.4 Å². The molecular weight excluding hydrogens is 404 g/mol. The second-order valence-corrected chi connectivity index (χ2v) is 7.11. The molecule has 25 heavy (non-hydrogen) atoms. The number of carbonyl (C=O) groups is 2. The van der Waals surface area contributed by atoms with E-state index in [1.807, 2.05) is 30.3 Å². The van der Waals surface area contributed by atoms with E-state index in [1.54, 1.807) is 6.07 Å². The number of halogens is 4. The van der Waals surface area contributed by atoms with Crippen LogP contribution in [0.4, 0.5) is 0 Å². The van der Waals surface area contributed by atoms with E-state index in [0.29, 0.717) is 11.2 Å². The number of aromatic nitrogens is 1. The Morgan fingerprint density at radius 1 is 0.720 bits per heavy atom. The Balaban J connectivity index is 1.93. The molecule has 0 saturated heterocycles. The van der Waals surface area contributed by atoms with Crippen LogP contribution < -0.4 is 0 Å². The molecule has 0 amide bonds. The molecule has 0 bridgehead atoms. The Hall–Kier alpha value is -1.65. The van der Waals surface area contributed by atoms with E-state index >= 15 is 0 Å². The lowest BCUT2D eigenvalue weighted by Gasteiger charge is -2.07. The molecule has 1 aliphatic carbocycles. The van der Waals surface area contributed by atoms with Crippen LogP contribution in [-0.4, -0.2) is 16.6 Å². The van der Waals surface area contributed by atoms with Gasteiger partial charge in [-0.1, -0.05) is 70.7 Å². The first-order chi connectivity index (χ1) is 11.9. The summed E-state index contributed by atoms with van der Waals surface area (Å²) in [6.45, 7) is 0. The lowest BCUT2D eigenvalue weighted by molar-refractivity contribution is 0.0888. The zero-order valence-electron chi connectivity index (χ0n) is 12.3. The molecule has 2 aromatic carbocycles. The monoisotopic (exact) mass is 409 g/mol. The van der Waals surface area contributed by atoms with Gasteiger partial charge in [0.25, 0.3) is 0 Å². The minimum Gasteiger partial charge on any atom is -0.293 e. The zero-order valence-corrected chi connectivity index (χ0v) is 15.3. The number of benzene rings is 2. The summed E-state index contributed by atoms with van der Waals surface area (Å²) in [5.74, 6) is -2.06. The van der Waals surface area contributed by atoms with Crippen molar-refractivity contribution < 1.29 is 9.59 Å². The van der Waals surface area contributed by atoms with Gasteiger partial charge in [0.05, 0.1) is 42.4 Å². The molecule has 0 fully saturated rings. The number of hydrogen-bond acceptors (Lipinski definition) is 3. The maximum Gasteiger partial charge on any atom is 0.182 e. The highest BCUT2D eigenvalue weighted by Crippen LogP contribution is 2.47. The summed E-state index contributed by atoms with van der Waals surface area (Å²) in [5, 5.41) is 0.699. The summed E-state index contributed by atoms with van der Waals surface area (Å²) < 4.78 is 0. The van der Waals surface area contributed by atoms with Crippen molar-refractivity contribution in [3.63, 3.8) is 0 Å². The molecule has 0 radical (unpaired) electrons. The molecule has 124 valence electrons. The Morgan fingerprint density at radius 3 is 1.88 bits per heavy atom.